The van der Waals surface area contributed by atoms with Crippen LogP contribution in [0.3, 0.4) is 0 Å². The summed E-state index contributed by atoms with van der Waals surface area (Å²) in [5, 5.41) is 10.7. The van der Waals surface area contributed by atoms with E-state index in [1.165, 1.54) is 0 Å². The predicted molar refractivity (Wildman–Crippen MR) is 93.1 cm³/mol. The van der Waals surface area contributed by atoms with Crippen molar-refractivity contribution >= 4 is 14.9 Å². The van der Waals surface area contributed by atoms with Gasteiger partial charge in [-0.3, -0.25) is 0 Å². The number of aromatic nitrogens is 1. The van der Waals surface area contributed by atoms with Crippen molar-refractivity contribution in [2.75, 3.05) is 32.1 Å². The van der Waals surface area contributed by atoms with E-state index in [9.17, 15) is 18.3 Å². The quantitative estimate of drug-likeness (QED) is 0.720. The minimum atomic E-state index is -4.50. The van der Waals surface area contributed by atoms with Crippen LogP contribution in [0, 0.1) is 0 Å². The molecule has 0 saturated carbocycles. The third-order valence-electron chi connectivity index (χ3n) is 4.87. The van der Waals surface area contributed by atoms with Crippen LogP contribution in [0.15, 0.2) is 12.1 Å². The Labute approximate surface area is 156 Å². The zero-order valence-corrected chi connectivity index (χ0v) is 16.8. The van der Waals surface area contributed by atoms with Crippen molar-refractivity contribution in [2.24, 2.45) is 0 Å². The minimum absolute atomic E-state index is 0.0617. The molecule has 0 radical (unpaired) electrons. The maximum atomic E-state index is 13.3. The van der Waals surface area contributed by atoms with Crippen molar-refractivity contribution < 1.29 is 23.0 Å². The van der Waals surface area contributed by atoms with E-state index >= 15 is 0 Å². The molecule has 3 rings (SSSR count). The van der Waals surface area contributed by atoms with E-state index in [2.05, 4.69) is 13.7 Å². The monoisotopic (exact) mass is 435 g/mol. The number of halogens is 3. The van der Waals surface area contributed by atoms with Crippen LogP contribution >= 0.6 is 0 Å². The number of pyridine rings is 1. The molecule has 2 fully saturated rings. The predicted octanol–water partition coefficient (Wildman–Crippen LogP) is 2.30. The van der Waals surface area contributed by atoms with E-state index in [1.807, 2.05) is 7.05 Å². The van der Waals surface area contributed by atoms with Gasteiger partial charge in [-0.15, -0.1) is 0 Å². The molecular formula is C17H25AsF3N3O2. The first-order chi connectivity index (χ1) is 12.3. The molecule has 1 aromatic rings. The van der Waals surface area contributed by atoms with E-state index in [0.29, 0.717) is 12.1 Å². The molecule has 2 saturated heterocycles. The molecule has 0 amide bonds. The molecule has 1 unspecified atom stereocenters. The van der Waals surface area contributed by atoms with Crippen LogP contribution in [-0.4, -0.2) is 71.9 Å². The van der Waals surface area contributed by atoms with Gasteiger partial charge in [0, 0.05) is 0 Å². The first-order valence-corrected chi connectivity index (χ1v) is 12.4. The number of aliphatic hydroxyl groups is 1. The van der Waals surface area contributed by atoms with Crippen LogP contribution < -0.4 is 4.74 Å². The van der Waals surface area contributed by atoms with Crippen LogP contribution in [0.25, 0.3) is 0 Å². The second-order valence-corrected chi connectivity index (χ2v) is 11.8. The van der Waals surface area contributed by atoms with Gasteiger partial charge in [0.1, 0.15) is 0 Å². The van der Waals surface area contributed by atoms with E-state index in [1.54, 1.807) is 6.07 Å². The van der Waals surface area contributed by atoms with Gasteiger partial charge in [-0.1, -0.05) is 0 Å². The Hall–Kier alpha value is -0.822. The van der Waals surface area contributed by atoms with Crippen LogP contribution in [0.1, 0.15) is 30.5 Å². The fraction of sp³-hybridized carbons (Fsp3) is 0.706. The van der Waals surface area contributed by atoms with E-state index in [-0.39, 0.29) is 17.4 Å². The third kappa shape index (κ3) is 5.12. The van der Waals surface area contributed by atoms with Gasteiger partial charge in [0.05, 0.1) is 0 Å². The van der Waals surface area contributed by atoms with Crippen molar-refractivity contribution in [2.45, 2.75) is 43.3 Å². The molecule has 1 atom stereocenters. The van der Waals surface area contributed by atoms with Crippen LogP contribution in [-0.2, 0) is 12.7 Å². The number of hydrogen-bond donors (Lipinski definition) is 1. The van der Waals surface area contributed by atoms with Gasteiger partial charge in [0.25, 0.3) is 0 Å². The van der Waals surface area contributed by atoms with Crippen LogP contribution in [0.2, 0.25) is 5.21 Å². The summed E-state index contributed by atoms with van der Waals surface area (Å²) in [6, 6.07) is 2.75. The molecule has 0 aliphatic carbocycles. The van der Waals surface area contributed by atoms with Gasteiger partial charge >= 0.3 is 156 Å². The van der Waals surface area contributed by atoms with Gasteiger partial charge in [0.2, 0.25) is 0 Å². The fourth-order valence-corrected chi connectivity index (χ4v) is 7.38. The number of aliphatic hydroxyl groups excluding tert-OH is 1. The number of rotatable bonds is 5. The number of piperidine rings is 1. The molecule has 1 aromatic heterocycles. The van der Waals surface area contributed by atoms with E-state index < -0.39 is 26.7 Å². The first kappa shape index (κ1) is 19.9. The van der Waals surface area contributed by atoms with E-state index in [4.69, 9.17) is 4.74 Å². The molecule has 5 nitrogen and oxygen atoms in total. The zero-order valence-electron chi connectivity index (χ0n) is 14.9. The van der Waals surface area contributed by atoms with Crippen molar-refractivity contribution in [3.8, 4) is 5.88 Å². The van der Waals surface area contributed by atoms with Gasteiger partial charge in [-0.2, -0.15) is 0 Å². The molecule has 0 aromatic carbocycles. The second kappa shape index (κ2) is 8.46. The summed E-state index contributed by atoms with van der Waals surface area (Å²) >= 11 is -1.49. The van der Waals surface area contributed by atoms with Gasteiger partial charge in [-0.05, 0) is 0 Å². The summed E-state index contributed by atoms with van der Waals surface area (Å²) in [7, 11) is 2.02. The van der Waals surface area contributed by atoms with E-state index in [0.717, 1.165) is 50.2 Å². The summed E-state index contributed by atoms with van der Waals surface area (Å²) in [6.45, 7) is 3.01. The Morgan fingerprint density at radius 3 is 2.65 bits per heavy atom. The van der Waals surface area contributed by atoms with Crippen LogP contribution in [0.5, 0.6) is 5.88 Å². The molecule has 146 valence electrons. The van der Waals surface area contributed by atoms with Crippen LogP contribution in [0.4, 0.5) is 13.2 Å². The van der Waals surface area contributed by atoms with Crippen molar-refractivity contribution in [1.82, 2.24) is 13.7 Å². The normalized spacial score (nSPS) is 23.5. The zero-order chi connectivity index (χ0) is 18.7. The van der Waals surface area contributed by atoms with Crippen molar-refractivity contribution in [3.63, 3.8) is 0 Å². The SMILES string of the molecule is CN1CCC(Oc2cc(CN3CCC[As]3CO)cc(C(F)(F)F)n2)CC1. The topological polar surface area (TPSA) is 48.8 Å². The van der Waals surface area contributed by atoms with Crippen molar-refractivity contribution in [3.05, 3.63) is 23.4 Å². The standard InChI is InChI=1S/C17H25AsF3N3O2/c1-23-7-3-14(4-8-23)26-16-10-13(9-15(22-16)17(19,20)21)11-24-6-2-5-18(24)12-25/h9-10,14,25H,2-8,11-12H2,1H3. The first-order valence-electron chi connectivity index (χ1n) is 8.89. The summed E-state index contributed by atoms with van der Waals surface area (Å²) in [5.74, 6) is 0.0617. The number of likely N-dealkylation sites (tertiary alicyclic amines) is 1. The molecule has 0 bridgehead atoms. The Kier molecular flexibility index (Phi) is 6.49. The summed E-state index contributed by atoms with van der Waals surface area (Å²) in [5.41, 5.74) is -0.342. The van der Waals surface area contributed by atoms with Gasteiger partial charge in [0.15, 0.2) is 0 Å². The maximum absolute atomic E-state index is 13.3. The molecule has 2 aliphatic rings. The average molecular weight is 435 g/mol. The molecule has 2 aliphatic heterocycles. The van der Waals surface area contributed by atoms with Crippen molar-refractivity contribution in [1.29, 1.82) is 0 Å². The third-order valence-corrected chi connectivity index (χ3v) is 9.69. The second-order valence-electron chi connectivity index (χ2n) is 6.93. The molecular weight excluding hydrogens is 410 g/mol. The number of hydrogen-bond acceptors (Lipinski definition) is 5. The average Bonchev–Trinajstić information content (AvgIpc) is 3.03. The molecule has 0 spiro atoms. The summed E-state index contributed by atoms with van der Waals surface area (Å²) in [6.07, 6.45) is -2.01. The Balaban J connectivity index is 1.77. The van der Waals surface area contributed by atoms with Gasteiger partial charge in [-0.25, -0.2) is 0 Å². The van der Waals surface area contributed by atoms with Gasteiger partial charge < -0.3 is 0 Å². The molecule has 3 heterocycles. The summed E-state index contributed by atoms with van der Waals surface area (Å²) < 4.78 is 47.8. The summed E-state index contributed by atoms with van der Waals surface area (Å²) in [4.78, 5) is 5.89. The Morgan fingerprint density at radius 1 is 1.27 bits per heavy atom. The molecule has 26 heavy (non-hydrogen) atoms. The number of nitrogens with zero attached hydrogens (tertiary/aromatic N) is 3. The molecule has 1 N–H and O–H groups in total. The molecule has 9 heteroatoms. The number of ether oxygens (including phenoxy) is 1. The Bertz CT molecular complexity index is 609. The fourth-order valence-electron chi connectivity index (χ4n) is 3.40. The Morgan fingerprint density at radius 2 is 2.00 bits per heavy atom. The number of alkyl halides is 3.